The van der Waals surface area contributed by atoms with Crippen LogP contribution in [0.1, 0.15) is 78.1 Å². The van der Waals surface area contributed by atoms with Crippen molar-refractivity contribution in [2.45, 2.75) is 90.1 Å². The Bertz CT molecular complexity index is 306. The molecule has 2 rings (SSSR count). The fourth-order valence-electron chi connectivity index (χ4n) is 3.39. The molecule has 1 saturated heterocycles. The van der Waals surface area contributed by atoms with E-state index in [2.05, 4.69) is 24.1 Å². The van der Waals surface area contributed by atoms with Gasteiger partial charge in [0, 0.05) is 31.1 Å². The third kappa shape index (κ3) is 5.98. The molecule has 2 aliphatic rings. The Morgan fingerprint density at radius 2 is 1.76 bits per heavy atom. The fourth-order valence-corrected chi connectivity index (χ4v) is 3.39. The predicted molar refractivity (Wildman–Crippen MR) is 88.3 cm³/mol. The van der Waals surface area contributed by atoms with Gasteiger partial charge in [-0.3, -0.25) is 4.79 Å². The molecule has 0 aromatic heterocycles. The Balaban J connectivity index is 1.54. The maximum absolute atomic E-state index is 12.0. The number of rotatable bonds is 9. The number of nitrogens with one attached hydrogen (secondary N) is 1. The second-order valence-electron chi connectivity index (χ2n) is 7.14. The molecule has 3 heteroatoms. The van der Waals surface area contributed by atoms with Gasteiger partial charge in [-0.05, 0) is 39.0 Å². The molecule has 21 heavy (non-hydrogen) atoms. The Morgan fingerprint density at radius 1 is 1.10 bits per heavy atom. The van der Waals surface area contributed by atoms with E-state index in [9.17, 15) is 4.79 Å². The summed E-state index contributed by atoms with van der Waals surface area (Å²) in [4.78, 5) is 14.1. The van der Waals surface area contributed by atoms with Crippen molar-refractivity contribution in [3.63, 3.8) is 0 Å². The lowest BCUT2D eigenvalue weighted by molar-refractivity contribution is -0.133. The lowest BCUT2D eigenvalue weighted by atomic mass is 10.0. The van der Waals surface area contributed by atoms with Crippen molar-refractivity contribution < 1.29 is 4.79 Å². The Labute approximate surface area is 130 Å². The Morgan fingerprint density at radius 3 is 2.38 bits per heavy atom. The van der Waals surface area contributed by atoms with Crippen LogP contribution >= 0.6 is 0 Å². The highest BCUT2D eigenvalue weighted by Crippen LogP contribution is 2.31. The first-order valence-corrected chi connectivity index (χ1v) is 9.25. The number of hydrogen-bond donors (Lipinski definition) is 1. The summed E-state index contributed by atoms with van der Waals surface area (Å²) in [5.41, 5.74) is 0. The molecule has 1 unspecified atom stereocenters. The summed E-state index contributed by atoms with van der Waals surface area (Å²) in [6, 6.07) is 1.25. The first-order chi connectivity index (χ1) is 10.2. The molecule has 122 valence electrons. The number of likely N-dealkylation sites (tertiary alicyclic amines) is 1. The van der Waals surface area contributed by atoms with Crippen molar-refractivity contribution in [2.24, 2.45) is 5.92 Å². The zero-order chi connectivity index (χ0) is 15.1. The summed E-state index contributed by atoms with van der Waals surface area (Å²) in [7, 11) is 0. The fraction of sp³-hybridized carbons (Fsp3) is 0.944. The van der Waals surface area contributed by atoms with Crippen LogP contribution in [-0.4, -0.2) is 36.0 Å². The van der Waals surface area contributed by atoms with Crippen LogP contribution in [0.2, 0.25) is 0 Å². The minimum atomic E-state index is 0.386. The van der Waals surface area contributed by atoms with Crippen LogP contribution in [0.3, 0.4) is 0 Å². The van der Waals surface area contributed by atoms with Crippen molar-refractivity contribution in [1.29, 1.82) is 0 Å². The van der Waals surface area contributed by atoms with Gasteiger partial charge < -0.3 is 10.2 Å². The first kappa shape index (κ1) is 16.8. The predicted octanol–water partition coefficient (Wildman–Crippen LogP) is 3.73. The number of hydrogen-bond acceptors (Lipinski definition) is 2. The molecule has 0 aromatic rings. The largest absolute Gasteiger partial charge is 0.342 e. The minimum absolute atomic E-state index is 0.386. The molecule has 1 heterocycles. The van der Waals surface area contributed by atoms with Gasteiger partial charge in [-0.1, -0.05) is 39.0 Å². The van der Waals surface area contributed by atoms with Crippen molar-refractivity contribution in [3.05, 3.63) is 0 Å². The monoisotopic (exact) mass is 294 g/mol. The zero-order valence-corrected chi connectivity index (χ0v) is 14.1. The SMILES string of the molecule is CCCCCCCC(C)NC1CCN(C(=O)C2CC2)CC1. The van der Waals surface area contributed by atoms with Crippen molar-refractivity contribution in [2.75, 3.05) is 13.1 Å². The number of nitrogens with zero attached hydrogens (tertiary/aromatic N) is 1. The topological polar surface area (TPSA) is 32.3 Å². The molecule has 1 saturated carbocycles. The van der Waals surface area contributed by atoms with E-state index in [1.165, 1.54) is 38.5 Å². The summed E-state index contributed by atoms with van der Waals surface area (Å²) in [6.45, 7) is 6.53. The highest BCUT2D eigenvalue weighted by molar-refractivity contribution is 5.81. The van der Waals surface area contributed by atoms with Crippen LogP contribution < -0.4 is 5.32 Å². The Hall–Kier alpha value is -0.570. The molecule has 1 N–H and O–H groups in total. The lowest BCUT2D eigenvalue weighted by Gasteiger charge is -2.34. The summed E-state index contributed by atoms with van der Waals surface area (Å²) in [5.74, 6) is 0.814. The van der Waals surface area contributed by atoms with Gasteiger partial charge in [0.05, 0.1) is 0 Å². The summed E-state index contributed by atoms with van der Waals surface area (Å²) < 4.78 is 0. The minimum Gasteiger partial charge on any atom is -0.342 e. The smallest absolute Gasteiger partial charge is 0.225 e. The number of piperidine rings is 1. The number of unbranched alkanes of at least 4 members (excludes halogenated alkanes) is 4. The quantitative estimate of drug-likeness (QED) is 0.657. The zero-order valence-electron chi connectivity index (χ0n) is 14.1. The first-order valence-electron chi connectivity index (χ1n) is 9.25. The van der Waals surface area contributed by atoms with Crippen LogP contribution in [0, 0.1) is 5.92 Å². The van der Waals surface area contributed by atoms with Crippen LogP contribution in [0.25, 0.3) is 0 Å². The van der Waals surface area contributed by atoms with Gasteiger partial charge in [-0.25, -0.2) is 0 Å². The van der Waals surface area contributed by atoms with Gasteiger partial charge in [-0.15, -0.1) is 0 Å². The number of carbonyl (C=O) groups excluding carboxylic acids is 1. The maximum atomic E-state index is 12.0. The van der Waals surface area contributed by atoms with E-state index in [0.29, 0.717) is 23.9 Å². The molecule has 1 aliphatic carbocycles. The van der Waals surface area contributed by atoms with Gasteiger partial charge in [0.25, 0.3) is 0 Å². The second-order valence-corrected chi connectivity index (χ2v) is 7.14. The number of amides is 1. The van der Waals surface area contributed by atoms with E-state index >= 15 is 0 Å². The molecule has 0 radical (unpaired) electrons. The van der Waals surface area contributed by atoms with Crippen LogP contribution in [0.4, 0.5) is 0 Å². The average Bonchev–Trinajstić information content (AvgIpc) is 3.32. The van der Waals surface area contributed by atoms with E-state index in [-0.39, 0.29) is 0 Å². The van der Waals surface area contributed by atoms with E-state index < -0.39 is 0 Å². The van der Waals surface area contributed by atoms with Crippen LogP contribution in [0.15, 0.2) is 0 Å². The molecular formula is C18H34N2O. The molecule has 1 atom stereocenters. The van der Waals surface area contributed by atoms with E-state index in [0.717, 1.165) is 38.8 Å². The van der Waals surface area contributed by atoms with Crippen molar-refractivity contribution in [1.82, 2.24) is 10.2 Å². The number of carbonyl (C=O) groups is 1. The highest BCUT2D eigenvalue weighted by atomic mass is 16.2. The van der Waals surface area contributed by atoms with Crippen LogP contribution in [-0.2, 0) is 4.79 Å². The summed E-state index contributed by atoms with van der Waals surface area (Å²) in [6.07, 6.45) is 12.7. The average molecular weight is 294 g/mol. The van der Waals surface area contributed by atoms with Gasteiger partial charge in [0.1, 0.15) is 0 Å². The summed E-state index contributed by atoms with van der Waals surface area (Å²) >= 11 is 0. The molecule has 1 amide bonds. The van der Waals surface area contributed by atoms with Crippen molar-refractivity contribution in [3.8, 4) is 0 Å². The molecule has 1 aliphatic heterocycles. The second kappa shape index (κ2) is 8.77. The van der Waals surface area contributed by atoms with Crippen molar-refractivity contribution >= 4 is 5.91 Å². The third-order valence-corrected chi connectivity index (χ3v) is 4.99. The lowest BCUT2D eigenvalue weighted by Crippen LogP contribution is -2.47. The molecule has 0 bridgehead atoms. The molecular weight excluding hydrogens is 260 g/mol. The van der Waals surface area contributed by atoms with Gasteiger partial charge in [-0.2, -0.15) is 0 Å². The molecule has 0 spiro atoms. The van der Waals surface area contributed by atoms with E-state index in [4.69, 9.17) is 0 Å². The molecule has 2 fully saturated rings. The van der Waals surface area contributed by atoms with E-state index in [1.54, 1.807) is 0 Å². The summed E-state index contributed by atoms with van der Waals surface area (Å²) in [5, 5.41) is 3.78. The van der Waals surface area contributed by atoms with Gasteiger partial charge in [0.2, 0.25) is 5.91 Å². The standard InChI is InChI=1S/C18H34N2O/c1-3-4-5-6-7-8-15(2)19-17-11-13-20(14-12-17)18(21)16-9-10-16/h15-17,19H,3-14H2,1-2H3. The highest BCUT2D eigenvalue weighted by Gasteiger charge is 2.34. The normalized spacial score (nSPS) is 21.5. The van der Waals surface area contributed by atoms with Crippen LogP contribution in [0.5, 0.6) is 0 Å². The molecule has 3 nitrogen and oxygen atoms in total. The van der Waals surface area contributed by atoms with Gasteiger partial charge in [0.15, 0.2) is 0 Å². The Kier molecular flexibility index (Phi) is 7.01. The van der Waals surface area contributed by atoms with E-state index in [1.807, 2.05) is 0 Å². The molecule has 0 aromatic carbocycles. The van der Waals surface area contributed by atoms with Gasteiger partial charge >= 0.3 is 0 Å². The maximum Gasteiger partial charge on any atom is 0.225 e. The third-order valence-electron chi connectivity index (χ3n) is 4.99.